The first-order chi connectivity index (χ1) is 13.3. The van der Waals surface area contributed by atoms with E-state index in [1.165, 1.54) is 18.2 Å². The number of benzene rings is 2. The number of rotatable bonds is 5. The summed E-state index contributed by atoms with van der Waals surface area (Å²) in [7, 11) is -3.87. The topological polar surface area (TPSA) is 88.2 Å². The van der Waals surface area contributed by atoms with Crippen molar-refractivity contribution in [2.75, 3.05) is 10.0 Å². The number of anilines is 2. The van der Waals surface area contributed by atoms with E-state index in [-0.39, 0.29) is 10.5 Å². The molecule has 0 spiro atoms. The Bertz CT molecular complexity index is 1150. The van der Waals surface area contributed by atoms with E-state index in [0.717, 1.165) is 11.1 Å². The van der Waals surface area contributed by atoms with Crippen LogP contribution in [0.5, 0.6) is 0 Å². The quantitative estimate of drug-likeness (QED) is 0.587. The Labute approximate surface area is 172 Å². The number of aromatic nitrogens is 1. The first-order valence-corrected chi connectivity index (χ1v) is 10.7. The standard InChI is InChI=1S/C20H18BrN3O3S/c1-13-8-9-17(21)18(11-13)24-28(26,27)16-7-3-6-15(12-16)20(25)23-19-14(2)5-4-10-22-19/h3-12,24H,1-2H3,(H,22,23,25). The minimum absolute atomic E-state index is 0.00806. The van der Waals surface area contributed by atoms with Gasteiger partial charge in [0, 0.05) is 16.2 Å². The number of pyridine rings is 1. The lowest BCUT2D eigenvalue weighted by Gasteiger charge is -2.12. The van der Waals surface area contributed by atoms with Crippen LogP contribution in [0.25, 0.3) is 0 Å². The van der Waals surface area contributed by atoms with Crippen molar-refractivity contribution < 1.29 is 13.2 Å². The highest BCUT2D eigenvalue weighted by Gasteiger charge is 2.18. The number of carbonyl (C=O) groups excluding carboxylic acids is 1. The second kappa shape index (κ2) is 8.12. The van der Waals surface area contributed by atoms with E-state index in [2.05, 4.69) is 31.0 Å². The van der Waals surface area contributed by atoms with Gasteiger partial charge in [-0.05, 0) is 77.3 Å². The van der Waals surface area contributed by atoms with Crippen LogP contribution in [0.1, 0.15) is 21.5 Å². The minimum Gasteiger partial charge on any atom is -0.306 e. The Balaban J connectivity index is 1.86. The molecule has 1 heterocycles. The van der Waals surface area contributed by atoms with Crippen LogP contribution in [0, 0.1) is 13.8 Å². The zero-order valence-electron chi connectivity index (χ0n) is 15.2. The molecule has 0 saturated carbocycles. The minimum atomic E-state index is -3.87. The van der Waals surface area contributed by atoms with Crippen molar-refractivity contribution in [1.82, 2.24) is 4.98 Å². The van der Waals surface area contributed by atoms with Gasteiger partial charge >= 0.3 is 0 Å². The van der Waals surface area contributed by atoms with Gasteiger partial charge in [0.25, 0.3) is 15.9 Å². The summed E-state index contributed by atoms with van der Waals surface area (Å²) in [6.07, 6.45) is 1.58. The molecule has 8 heteroatoms. The number of nitrogens with one attached hydrogen (secondary N) is 2. The maximum atomic E-state index is 12.8. The van der Waals surface area contributed by atoms with Crippen LogP contribution in [0.4, 0.5) is 11.5 Å². The molecule has 1 aromatic heterocycles. The third kappa shape index (κ3) is 4.58. The zero-order chi connectivity index (χ0) is 20.3. The molecule has 0 aliphatic carbocycles. The first kappa shape index (κ1) is 20.0. The SMILES string of the molecule is Cc1ccc(Br)c(NS(=O)(=O)c2cccc(C(=O)Nc3ncccc3C)c2)c1. The zero-order valence-corrected chi connectivity index (χ0v) is 17.6. The number of nitrogens with zero attached hydrogens (tertiary/aromatic N) is 1. The molecule has 2 aromatic carbocycles. The number of hydrogen-bond donors (Lipinski definition) is 2. The van der Waals surface area contributed by atoms with Crippen LogP contribution in [0.3, 0.4) is 0 Å². The molecule has 3 rings (SSSR count). The molecule has 6 nitrogen and oxygen atoms in total. The fourth-order valence-corrected chi connectivity index (χ4v) is 4.11. The van der Waals surface area contributed by atoms with Crippen molar-refractivity contribution in [3.05, 3.63) is 82.0 Å². The predicted molar refractivity (Wildman–Crippen MR) is 113 cm³/mol. The van der Waals surface area contributed by atoms with E-state index in [1.807, 2.05) is 26.0 Å². The Morgan fingerprint density at radius 3 is 2.57 bits per heavy atom. The highest BCUT2D eigenvalue weighted by molar-refractivity contribution is 9.10. The van der Waals surface area contributed by atoms with Gasteiger partial charge in [-0.3, -0.25) is 9.52 Å². The summed E-state index contributed by atoms with van der Waals surface area (Å²) in [6.45, 7) is 3.70. The number of aryl methyl sites for hydroxylation is 2. The molecule has 28 heavy (non-hydrogen) atoms. The lowest BCUT2D eigenvalue weighted by atomic mass is 10.2. The van der Waals surface area contributed by atoms with E-state index in [4.69, 9.17) is 0 Å². The Kier molecular flexibility index (Phi) is 5.81. The fourth-order valence-electron chi connectivity index (χ4n) is 2.52. The molecule has 0 bridgehead atoms. The van der Waals surface area contributed by atoms with Gasteiger partial charge in [0.2, 0.25) is 0 Å². The van der Waals surface area contributed by atoms with E-state index in [9.17, 15) is 13.2 Å². The van der Waals surface area contributed by atoms with Crippen LogP contribution >= 0.6 is 15.9 Å². The van der Waals surface area contributed by atoms with E-state index in [0.29, 0.717) is 16.0 Å². The highest BCUT2D eigenvalue weighted by atomic mass is 79.9. The average molecular weight is 460 g/mol. The molecule has 0 aliphatic rings. The number of halogens is 1. The number of sulfonamides is 1. The summed E-state index contributed by atoms with van der Waals surface area (Å²) >= 11 is 3.34. The lowest BCUT2D eigenvalue weighted by molar-refractivity contribution is 0.102. The third-order valence-electron chi connectivity index (χ3n) is 4.01. The fraction of sp³-hybridized carbons (Fsp3) is 0.100. The Morgan fingerprint density at radius 2 is 1.82 bits per heavy atom. The van der Waals surface area contributed by atoms with E-state index >= 15 is 0 Å². The van der Waals surface area contributed by atoms with Gasteiger partial charge in [-0.25, -0.2) is 13.4 Å². The average Bonchev–Trinajstić information content (AvgIpc) is 2.66. The highest BCUT2D eigenvalue weighted by Crippen LogP contribution is 2.26. The van der Waals surface area contributed by atoms with Crippen molar-refractivity contribution in [2.24, 2.45) is 0 Å². The van der Waals surface area contributed by atoms with Gasteiger partial charge in [0.1, 0.15) is 5.82 Å². The van der Waals surface area contributed by atoms with Crippen LogP contribution < -0.4 is 10.0 Å². The lowest BCUT2D eigenvalue weighted by Crippen LogP contribution is -2.17. The second-order valence-electron chi connectivity index (χ2n) is 6.24. The largest absolute Gasteiger partial charge is 0.306 e. The third-order valence-corrected chi connectivity index (χ3v) is 6.07. The molecule has 2 N–H and O–H groups in total. The van der Waals surface area contributed by atoms with Gasteiger partial charge in [-0.15, -0.1) is 0 Å². The summed E-state index contributed by atoms with van der Waals surface area (Å²) < 4.78 is 28.7. The van der Waals surface area contributed by atoms with Crippen molar-refractivity contribution >= 4 is 43.4 Å². The van der Waals surface area contributed by atoms with Gasteiger partial charge in [0.05, 0.1) is 10.6 Å². The smallest absolute Gasteiger partial charge is 0.261 e. The van der Waals surface area contributed by atoms with Crippen LogP contribution in [0.2, 0.25) is 0 Å². The number of carbonyl (C=O) groups is 1. The number of hydrogen-bond acceptors (Lipinski definition) is 4. The molecule has 0 radical (unpaired) electrons. The van der Waals surface area contributed by atoms with Crippen molar-refractivity contribution in [3.8, 4) is 0 Å². The normalized spacial score (nSPS) is 11.1. The molecule has 0 saturated heterocycles. The summed E-state index contributed by atoms with van der Waals surface area (Å²) in [6, 6.07) is 14.8. The molecule has 144 valence electrons. The Morgan fingerprint density at radius 1 is 1.04 bits per heavy atom. The van der Waals surface area contributed by atoms with Crippen LogP contribution in [-0.4, -0.2) is 19.3 Å². The van der Waals surface area contributed by atoms with Gasteiger partial charge in [0.15, 0.2) is 0 Å². The van der Waals surface area contributed by atoms with Gasteiger partial charge < -0.3 is 5.32 Å². The molecular formula is C20H18BrN3O3S. The van der Waals surface area contributed by atoms with Crippen LogP contribution in [-0.2, 0) is 10.0 Å². The molecule has 3 aromatic rings. The van der Waals surface area contributed by atoms with Crippen molar-refractivity contribution in [1.29, 1.82) is 0 Å². The van der Waals surface area contributed by atoms with Gasteiger partial charge in [-0.2, -0.15) is 0 Å². The van der Waals surface area contributed by atoms with Crippen molar-refractivity contribution in [3.63, 3.8) is 0 Å². The molecule has 0 unspecified atom stereocenters. The summed E-state index contributed by atoms with van der Waals surface area (Å²) in [4.78, 5) is 16.6. The van der Waals surface area contributed by atoms with E-state index < -0.39 is 15.9 Å². The van der Waals surface area contributed by atoms with Gasteiger partial charge in [-0.1, -0.05) is 18.2 Å². The second-order valence-corrected chi connectivity index (χ2v) is 8.78. The molecule has 0 fully saturated rings. The number of amides is 1. The maximum Gasteiger partial charge on any atom is 0.261 e. The predicted octanol–water partition coefficient (Wildman–Crippen LogP) is 4.51. The Hall–Kier alpha value is -2.71. The first-order valence-electron chi connectivity index (χ1n) is 8.38. The summed E-state index contributed by atoms with van der Waals surface area (Å²) in [5.74, 6) is -0.00170. The molecular weight excluding hydrogens is 442 g/mol. The molecule has 1 amide bonds. The monoisotopic (exact) mass is 459 g/mol. The van der Waals surface area contributed by atoms with E-state index in [1.54, 1.807) is 30.5 Å². The van der Waals surface area contributed by atoms with Crippen LogP contribution in [0.15, 0.2) is 70.2 Å². The maximum absolute atomic E-state index is 12.8. The summed E-state index contributed by atoms with van der Waals surface area (Å²) in [5, 5.41) is 2.70. The molecule has 0 aliphatic heterocycles. The molecule has 0 atom stereocenters. The summed E-state index contributed by atoms with van der Waals surface area (Å²) in [5.41, 5.74) is 2.38. The van der Waals surface area contributed by atoms with Crippen molar-refractivity contribution in [2.45, 2.75) is 18.7 Å².